The minimum absolute atomic E-state index is 0.128. The van der Waals surface area contributed by atoms with Gasteiger partial charge in [-0.05, 0) is 57.1 Å². The Bertz CT molecular complexity index is 892. The Hall–Kier alpha value is -2.38. The number of amides is 1. The van der Waals surface area contributed by atoms with Crippen molar-refractivity contribution >= 4 is 21.6 Å². The summed E-state index contributed by atoms with van der Waals surface area (Å²) in [5.41, 5.74) is 3.06. The molecule has 0 saturated carbocycles. The summed E-state index contributed by atoms with van der Waals surface area (Å²) < 4.78 is 31.8. The van der Waals surface area contributed by atoms with E-state index in [1.54, 1.807) is 19.1 Å². The number of benzene rings is 2. The molecule has 0 atom stereocenters. The van der Waals surface area contributed by atoms with Gasteiger partial charge in [0.25, 0.3) is 5.91 Å². The molecule has 0 aromatic heterocycles. The van der Waals surface area contributed by atoms with Gasteiger partial charge in [0.15, 0.2) is 6.61 Å². The number of hydrogen-bond donors (Lipinski definition) is 2. The normalized spacial score (nSPS) is 11.2. The van der Waals surface area contributed by atoms with E-state index in [1.165, 1.54) is 13.1 Å². The van der Waals surface area contributed by atoms with Crippen LogP contribution in [0.5, 0.6) is 5.75 Å². The predicted molar refractivity (Wildman–Crippen MR) is 97.5 cm³/mol. The molecule has 7 heteroatoms. The van der Waals surface area contributed by atoms with E-state index in [9.17, 15) is 13.2 Å². The highest BCUT2D eigenvalue weighted by molar-refractivity contribution is 7.89. The summed E-state index contributed by atoms with van der Waals surface area (Å²) in [5, 5.41) is 2.65. The molecule has 0 saturated heterocycles. The van der Waals surface area contributed by atoms with Crippen LogP contribution in [0.25, 0.3) is 0 Å². The molecule has 6 nitrogen and oxygen atoms in total. The second-order valence-corrected chi connectivity index (χ2v) is 7.65. The van der Waals surface area contributed by atoms with Crippen LogP contribution < -0.4 is 14.8 Å². The Kier molecular flexibility index (Phi) is 5.81. The first-order valence-corrected chi connectivity index (χ1v) is 9.25. The van der Waals surface area contributed by atoms with E-state index in [2.05, 4.69) is 10.0 Å². The summed E-state index contributed by atoms with van der Waals surface area (Å²) >= 11 is 0. The number of hydrogen-bond acceptors (Lipinski definition) is 4. The van der Waals surface area contributed by atoms with Crippen LogP contribution in [0.1, 0.15) is 16.7 Å². The Morgan fingerprint density at radius 3 is 2.40 bits per heavy atom. The van der Waals surface area contributed by atoms with Crippen molar-refractivity contribution in [2.45, 2.75) is 25.7 Å². The molecule has 2 aromatic carbocycles. The number of carbonyl (C=O) groups excluding carboxylic acids is 1. The lowest BCUT2D eigenvalue weighted by Crippen LogP contribution is -2.22. The van der Waals surface area contributed by atoms with E-state index >= 15 is 0 Å². The number of aryl methyl sites for hydroxylation is 3. The molecule has 0 unspecified atom stereocenters. The number of carbonyl (C=O) groups is 1. The number of nitrogens with one attached hydrogen (secondary N) is 2. The minimum atomic E-state index is -3.58. The fourth-order valence-electron chi connectivity index (χ4n) is 2.38. The molecule has 0 aliphatic rings. The van der Waals surface area contributed by atoms with Crippen LogP contribution in [0.2, 0.25) is 0 Å². The van der Waals surface area contributed by atoms with Crippen LogP contribution in [0, 0.1) is 20.8 Å². The van der Waals surface area contributed by atoms with Crippen molar-refractivity contribution < 1.29 is 17.9 Å². The summed E-state index contributed by atoms with van der Waals surface area (Å²) in [6, 6.07) is 10.4. The van der Waals surface area contributed by atoms with Crippen molar-refractivity contribution in [2.75, 3.05) is 19.0 Å². The monoisotopic (exact) mass is 362 g/mol. The first kappa shape index (κ1) is 19.0. The highest BCUT2D eigenvalue weighted by atomic mass is 32.2. The molecule has 0 fully saturated rings. The maximum atomic E-state index is 12.1. The average Bonchev–Trinajstić information content (AvgIpc) is 2.55. The van der Waals surface area contributed by atoms with Crippen molar-refractivity contribution in [1.82, 2.24) is 4.72 Å². The van der Waals surface area contributed by atoms with Gasteiger partial charge in [-0.1, -0.05) is 23.8 Å². The Labute approximate surface area is 148 Å². The first-order valence-electron chi connectivity index (χ1n) is 7.77. The summed E-state index contributed by atoms with van der Waals surface area (Å²) in [7, 11) is -2.24. The molecule has 0 aliphatic heterocycles. The van der Waals surface area contributed by atoms with Gasteiger partial charge >= 0.3 is 0 Å². The van der Waals surface area contributed by atoms with Crippen molar-refractivity contribution in [3.63, 3.8) is 0 Å². The van der Waals surface area contributed by atoms with Gasteiger partial charge < -0.3 is 10.1 Å². The highest BCUT2D eigenvalue weighted by Crippen LogP contribution is 2.21. The molecule has 0 spiro atoms. The van der Waals surface area contributed by atoms with Crippen molar-refractivity contribution in [3.8, 4) is 5.75 Å². The van der Waals surface area contributed by atoms with Gasteiger partial charge in [0.2, 0.25) is 10.0 Å². The third-order valence-corrected chi connectivity index (χ3v) is 5.28. The second-order valence-electron chi connectivity index (χ2n) is 5.79. The van der Waals surface area contributed by atoms with Crippen molar-refractivity contribution in [3.05, 3.63) is 53.1 Å². The van der Waals surface area contributed by atoms with Gasteiger partial charge in [0, 0.05) is 5.69 Å². The number of anilines is 1. The zero-order valence-corrected chi connectivity index (χ0v) is 15.5. The lowest BCUT2D eigenvalue weighted by molar-refractivity contribution is -0.118. The van der Waals surface area contributed by atoms with E-state index in [4.69, 9.17) is 4.74 Å². The molecule has 0 radical (unpaired) electrons. The van der Waals surface area contributed by atoms with Crippen molar-refractivity contribution in [1.29, 1.82) is 0 Å². The Morgan fingerprint density at radius 1 is 1.04 bits per heavy atom. The predicted octanol–water partition coefficient (Wildman–Crippen LogP) is 2.54. The molecular formula is C18H22N2O4S. The van der Waals surface area contributed by atoms with E-state index in [-0.39, 0.29) is 17.4 Å². The fraction of sp³-hybridized carbons (Fsp3) is 0.278. The minimum Gasteiger partial charge on any atom is -0.483 e. The topological polar surface area (TPSA) is 84.5 Å². The number of ether oxygens (including phenoxy) is 1. The standard InChI is InChI=1S/C18H22N2O4S/c1-12-5-8-16(14(3)9-12)24-11-18(21)20-15-7-6-13(2)17(10-15)25(22,23)19-4/h5-10,19H,11H2,1-4H3,(H,20,21). The molecule has 0 bridgehead atoms. The second kappa shape index (κ2) is 7.67. The summed E-state index contributed by atoms with van der Waals surface area (Å²) in [6.07, 6.45) is 0. The third-order valence-electron chi connectivity index (χ3n) is 3.72. The zero-order valence-electron chi connectivity index (χ0n) is 14.7. The summed E-state index contributed by atoms with van der Waals surface area (Å²) in [4.78, 5) is 12.2. The Balaban J connectivity index is 2.07. The van der Waals surface area contributed by atoms with Crippen LogP contribution in [-0.2, 0) is 14.8 Å². The van der Waals surface area contributed by atoms with Crippen LogP contribution in [-0.4, -0.2) is 28.0 Å². The first-order chi connectivity index (χ1) is 11.7. The lowest BCUT2D eigenvalue weighted by atomic mass is 10.1. The van der Waals surface area contributed by atoms with Crippen LogP contribution >= 0.6 is 0 Å². The van der Waals surface area contributed by atoms with Gasteiger partial charge in [-0.2, -0.15) is 0 Å². The quantitative estimate of drug-likeness (QED) is 0.827. The lowest BCUT2D eigenvalue weighted by Gasteiger charge is -2.12. The van der Waals surface area contributed by atoms with Crippen LogP contribution in [0.4, 0.5) is 5.69 Å². The molecule has 2 N–H and O–H groups in total. The van der Waals surface area contributed by atoms with Crippen LogP contribution in [0.3, 0.4) is 0 Å². The zero-order chi connectivity index (χ0) is 18.6. The number of rotatable bonds is 6. The van der Waals surface area contributed by atoms with E-state index < -0.39 is 10.0 Å². The summed E-state index contributed by atoms with van der Waals surface area (Å²) in [5.74, 6) is 0.278. The van der Waals surface area contributed by atoms with Crippen LogP contribution in [0.15, 0.2) is 41.3 Å². The van der Waals surface area contributed by atoms with Crippen molar-refractivity contribution in [2.24, 2.45) is 0 Å². The van der Waals surface area contributed by atoms with E-state index in [0.29, 0.717) is 17.0 Å². The molecule has 134 valence electrons. The smallest absolute Gasteiger partial charge is 0.262 e. The van der Waals surface area contributed by atoms with Gasteiger partial charge in [-0.3, -0.25) is 4.79 Å². The average molecular weight is 362 g/mol. The maximum absolute atomic E-state index is 12.1. The largest absolute Gasteiger partial charge is 0.483 e. The molecule has 25 heavy (non-hydrogen) atoms. The Morgan fingerprint density at radius 2 is 1.76 bits per heavy atom. The fourth-order valence-corrected chi connectivity index (χ4v) is 3.37. The van der Waals surface area contributed by atoms with Gasteiger partial charge in [0.1, 0.15) is 5.75 Å². The van der Waals surface area contributed by atoms with E-state index in [1.807, 2.05) is 32.0 Å². The number of sulfonamides is 1. The van der Waals surface area contributed by atoms with Gasteiger partial charge in [-0.25, -0.2) is 13.1 Å². The summed E-state index contributed by atoms with van der Waals surface area (Å²) in [6.45, 7) is 5.43. The third kappa shape index (κ3) is 4.80. The van der Waals surface area contributed by atoms with Gasteiger partial charge in [0.05, 0.1) is 4.90 Å². The molecule has 0 heterocycles. The molecule has 2 aromatic rings. The maximum Gasteiger partial charge on any atom is 0.262 e. The molecule has 2 rings (SSSR count). The van der Waals surface area contributed by atoms with E-state index in [0.717, 1.165) is 11.1 Å². The van der Waals surface area contributed by atoms with Gasteiger partial charge in [-0.15, -0.1) is 0 Å². The molecule has 1 amide bonds. The molecule has 0 aliphatic carbocycles. The highest BCUT2D eigenvalue weighted by Gasteiger charge is 2.16. The molecular weight excluding hydrogens is 340 g/mol. The SMILES string of the molecule is CNS(=O)(=O)c1cc(NC(=O)COc2ccc(C)cc2C)ccc1C.